The minimum Gasteiger partial charge on any atom is -0.453 e. The smallest absolute Gasteiger partial charge is 0.416 e. The van der Waals surface area contributed by atoms with Crippen molar-refractivity contribution in [3.05, 3.63) is 82.9 Å². The number of fused-ring (bicyclic) bond motifs is 1. The lowest BCUT2D eigenvalue weighted by atomic mass is 10.1. The monoisotopic (exact) mass is 528 g/mol. The van der Waals surface area contributed by atoms with Crippen molar-refractivity contribution in [2.24, 2.45) is 0 Å². The van der Waals surface area contributed by atoms with E-state index in [4.69, 9.17) is 0 Å². The van der Waals surface area contributed by atoms with Crippen LogP contribution in [-0.4, -0.2) is 30.0 Å². The second-order valence-corrected chi connectivity index (χ2v) is 8.87. The van der Waals surface area contributed by atoms with Crippen molar-refractivity contribution in [3.8, 4) is 0 Å². The van der Waals surface area contributed by atoms with Gasteiger partial charge in [-0.25, -0.2) is 9.78 Å². The standard InChI is InChI=1S/C25H19F3N4O4S/c1-13-6-8-17(29-21(33)14-4-3-5-16(10-14)25(26,27)28)12-19(13)30-22(34)15-7-9-18-20(11-15)37-23(31-18)32-24(35)36-2/h3-12H,1-2H3,(H,29,33)(H,30,34)(H,31,32,35). The molecule has 12 heteroatoms. The molecule has 0 atom stereocenters. The van der Waals surface area contributed by atoms with Gasteiger partial charge in [0.2, 0.25) is 0 Å². The van der Waals surface area contributed by atoms with Crippen molar-refractivity contribution in [1.29, 1.82) is 0 Å². The average Bonchev–Trinajstić information content (AvgIpc) is 3.26. The van der Waals surface area contributed by atoms with E-state index in [1.54, 1.807) is 37.3 Å². The predicted molar refractivity (Wildman–Crippen MR) is 134 cm³/mol. The highest BCUT2D eigenvalue weighted by Crippen LogP contribution is 2.30. The van der Waals surface area contributed by atoms with Crippen molar-refractivity contribution in [3.63, 3.8) is 0 Å². The van der Waals surface area contributed by atoms with Gasteiger partial charge < -0.3 is 15.4 Å². The number of carbonyl (C=O) groups excluding carboxylic acids is 3. The molecule has 4 rings (SSSR count). The molecule has 0 unspecified atom stereocenters. The van der Waals surface area contributed by atoms with Crippen LogP contribution in [0.15, 0.2) is 60.7 Å². The summed E-state index contributed by atoms with van der Waals surface area (Å²) >= 11 is 1.17. The SMILES string of the molecule is COC(=O)Nc1nc2ccc(C(=O)Nc3cc(NC(=O)c4cccc(C(F)(F)F)c4)ccc3C)cc2s1. The number of hydrogen-bond donors (Lipinski definition) is 3. The van der Waals surface area contributed by atoms with Crippen molar-refractivity contribution in [1.82, 2.24) is 4.98 Å². The third-order valence-electron chi connectivity index (χ3n) is 5.24. The van der Waals surface area contributed by atoms with E-state index in [0.29, 0.717) is 37.8 Å². The second-order valence-electron chi connectivity index (χ2n) is 7.83. The van der Waals surface area contributed by atoms with Crippen LogP contribution >= 0.6 is 11.3 Å². The zero-order chi connectivity index (χ0) is 26.7. The molecule has 190 valence electrons. The number of amides is 3. The number of aryl methyl sites for hydroxylation is 1. The number of hydrogen-bond acceptors (Lipinski definition) is 6. The van der Waals surface area contributed by atoms with Gasteiger partial charge in [-0.05, 0) is 61.0 Å². The lowest BCUT2D eigenvalue weighted by molar-refractivity contribution is -0.137. The first-order valence-electron chi connectivity index (χ1n) is 10.7. The van der Waals surface area contributed by atoms with Crippen molar-refractivity contribution < 1.29 is 32.3 Å². The highest BCUT2D eigenvalue weighted by molar-refractivity contribution is 7.22. The number of halogens is 3. The highest BCUT2D eigenvalue weighted by Gasteiger charge is 2.30. The number of rotatable bonds is 5. The highest BCUT2D eigenvalue weighted by atomic mass is 32.1. The van der Waals surface area contributed by atoms with Gasteiger partial charge in [0.1, 0.15) is 0 Å². The minimum atomic E-state index is -4.57. The number of anilines is 3. The topological polar surface area (TPSA) is 109 Å². The summed E-state index contributed by atoms with van der Waals surface area (Å²) in [7, 11) is 1.23. The molecule has 0 spiro atoms. The van der Waals surface area contributed by atoms with Gasteiger partial charge >= 0.3 is 12.3 Å². The Kier molecular flexibility index (Phi) is 7.11. The molecule has 4 aromatic rings. The lowest BCUT2D eigenvalue weighted by Crippen LogP contribution is -2.15. The summed E-state index contributed by atoms with van der Waals surface area (Å²) in [6.45, 7) is 1.76. The fourth-order valence-electron chi connectivity index (χ4n) is 3.33. The quantitative estimate of drug-likeness (QED) is 0.281. The van der Waals surface area contributed by atoms with Gasteiger partial charge in [0.25, 0.3) is 11.8 Å². The predicted octanol–water partition coefficient (Wildman–Crippen LogP) is 6.31. The molecule has 3 N–H and O–H groups in total. The Labute approximate surface area is 212 Å². The van der Waals surface area contributed by atoms with Crippen LogP contribution in [0.2, 0.25) is 0 Å². The van der Waals surface area contributed by atoms with E-state index < -0.39 is 29.6 Å². The molecule has 0 aliphatic heterocycles. The van der Waals surface area contributed by atoms with E-state index in [2.05, 4.69) is 25.7 Å². The van der Waals surface area contributed by atoms with Crippen LogP contribution in [0.1, 0.15) is 31.8 Å². The fraction of sp³-hybridized carbons (Fsp3) is 0.120. The second kappa shape index (κ2) is 10.3. The maximum absolute atomic E-state index is 13.0. The molecule has 8 nitrogen and oxygen atoms in total. The number of nitrogens with zero attached hydrogens (tertiary/aromatic N) is 1. The summed E-state index contributed by atoms with van der Waals surface area (Å²) in [6, 6.07) is 13.7. The summed E-state index contributed by atoms with van der Waals surface area (Å²) < 4.78 is 44.1. The zero-order valence-corrected chi connectivity index (χ0v) is 20.2. The van der Waals surface area contributed by atoms with Crippen LogP contribution in [0.4, 0.5) is 34.5 Å². The third kappa shape index (κ3) is 6.04. The molecular formula is C25H19F3N4O4S. The fourth-order valence-corrected chi connectivity index (χ4v) is 4.22. The summed E-state index contributed by atoms with van der Waals surface area (Å²) in [5.41, 5.74) is 1.24. The van der Waals surface area contributed by atoms with Crippen molar-refractivity contribution >= 4 is 56.0 Å². The first-order chi connectivity index (χ1) is 17.5. The number of thiazole rings is 1. The summed E-state index contributed by atoms with van der Waals surface area (Å²) in [6.07, 6.45) is -5.23. The van der Waals surface area contributed by atoms with Gasteiger partial charge in [-0.2, -0.15) is 13.2 Å². The molecule has 3 amide bonds. The van der Waals surface area contributed by atoms with Gasteiger partial charge in [0.05, 0.1) is 22.9 Å². The molecule has 0 radical (unpaired) electrons. The minimum absolute atomic E-state index is 0.153. The Balaban J connectivity index is 1.50. The molecule has 0 fully saturated rings. The first-order valence-corrected chi connectivity index (χ1v) is 11.5. The molecule has 1 aromatic heterocycles. The van der Waals surface area contributed by atoms with Gasteiger partial charge in [0, 0.05) is 22.5 Å². The number of alkyl halides is 3. The number of nitrogens with one attached hydrogen (secondary N) is 3. The Hall–Kier alpha value is -4.45. The van der Waals surface area contributed by atoms with E-state index >= 15 is 0 Å². The van der Waals surface area contributed by atoms with Gasteiger partial charge in [-0.15, -0.1) is 0 Å². The number of aromatic nitrogens is 1. The molecular weight excluding hydrogens is 509 g/mol. The summed E-state index contributed by atoms with van der Waals surface area (Å²) in [5, 5.41) is 8.13. The maximum Gasteiger partial charge on any atom is 0.416 e. The third-order valence-corrected chi connectivity index (χ3v) is 6.17. The molecule has 1 heterocycles. The van der Waals surface area contributed by atoms with Crippen LogP contribution in [0.25, 0.3) is 10.2 Å². The Morgan fingerprint density at radius 2 is 1.62 bits per heavy atom. The van der Waals surface area contributed by atoms with E-state index in [1.165, 1.54) is 30.6 Å². The Morgan fingerprint density at radius 3 is 2.35 bits per heavy atom. The van der Waals surface area contributed by atoms with Crippen LogP contribution < -0.4 is 16.0 Å². The van der Waals surface area contributed by atoms with Gasteiger partial charge in [-0.1, -0.05) is 23.5 Å². The molecule has 0 saturated heterocycles. The Morgan fingerprint density at radius 1 is 0.892 bits per heavy atom. The van der Waals surface area contributed by atoms with Crippen LogP contribution in [0.3, 0.4) is 0 Å². The van der Waals surface area contributed by atoms with Crippen molar-refractivity contribution in [2.75, 3.05) is 23.1 Å². The number of benzene rings is 3. The van der Waals surface area contributed by atoms with Crippen LogP contribution in [-0.2, 0) is 10.9 Å². The van der Waals surface area contributed by atoms with Crippen molar-refractivity contribution in [2.45, 2.75) is 13.1 Å². The number of methoxy groups -OCH3 is 1. The lowest BCUT2D eigenvalue weighted by Gasteiger charge is -2.13. The van der Waals surface area contributed by atoms with E-state index in [9.17, 15) is 27.6 Å². The van der Waals surface area contributed by atoms with Gasteiger partial charge in [-0.3, -0.25) is 14.9 Å². The molecule has 0 aliphatic rings. The van der Waals surface area contributed by atoms with E-state index in [-0.39, 0.29) is 5.56 Å². The Bertz CT molecular complexity index is 1520. The summed E-state index contributed by atoms with van der Waals surface area (Å²) in [4.78, 5) is 41.1. The number of ether oxygens (including phenoxy) is 1. The maximum atomic E-state index is 13.0. The normalized spacial score (nSPS) is 11.2. The zero-order valence-electron chi connectivity index (χ0n) is 19.4. The molecule has 3 aromatic carbocycles. The van der Waals surface area contributed by atoms with Crippen LogP contribution in [0.5, 0.6) is 0 Å². The first kappa shape index (κ1) is 25.6. The van der Waals surface area contributed by atoms with Crippen LogP contribution in [0, 0.1) is 6.92 Å². The van der Waals surface area contributed by atoms with E-state index in [1.807, 2.05) is 0 Å². The van der Waals surface area contributed by atoms with Gasteiger partial charge in [0.15, 0.2) is 5.13 Å². The summed E-state index contributed by atoms with van der Waals surface area (Å²) in [5.74, 6) is -1.15. The average molecular weight is 529 g/mol. The largest absolute Gasteiger partial charge is 0.453 e. The van der Waals surface area contributed by atoms with E-state index in [0.717, 1.165) is 18.2 Å². The molecule has 0 saturated carbocycles. The molecule has 0 aliphatic carbocycles. The number of carbonyl (C=O) groups is 3. The molecule has 37 heavy (non-hydrogen) atoms. The molecule has 0 bridgehead atoms.